The Bertz CT molecular complexity index is 977. The lowest BCUT2D eigenvalue weighted by Crippen LogP contribution is -2.29. The zero-order valence-electron chi connectivity index (χ0n) is 13.8. The number of halogens is 1. The molecule has 0 spiro atoms. The van der Waals surface area contributed by atoms with Crippen LogP contribution in [0.2, 0.25) is 0 Å². The number of rotatable bonds is 4. The van der Waals surface area contributed by atoms with Crippen LogP contribution in [0.3, 0.4) is 0 Å². The molecule has 136 valence electrons. The topological polar surface area (TPSA) is 87.6 Å². The number of thioether (sulfide) groups is 1. The number of hydrogen-bond donors (Lipinski definition) is 2. The summed E-state index contributed by atoms with van der Waals surface area (Å²) < 4.78 is 42.0. The number of amidine groups is 1. The molecule has 2 aromatic carbocycles. The highest BCUT2D eigenvalue weighted by Crippen LogP contribution is 2.31. The average Bonchev–Trinajstić information content (AvgIpc) is 2.61. The molecule has 1 aliphatic heterocycles. The second-order valence-electron chi connectivity index (χ2n) is 5.48. The molecule has 0 saturated carbocycles. The van der Waals surface area contributed by atoms with E-state index in [0.717, 1.165) is 11.8 Å². The molecular weight excluding hydrogens is 377 g/mol. The summed E-state index contributed by atoms with van der Waals surface area (Å²) in [4.78, 5) is 12.5. The van der Waals surface area contributed by atoms with E-state index < -0.39 is 27.0 Å². The maximum absolute atomic E-state index is 13.7. The van der Waals surface area contributed by atoms with Gasteiger partial charge in [0, 0.05) is 0 Å². The van der Waals surface area contributed by atoms with Gasteiger partial charge < -0.3 is 10.6 Å². The molecule has 0 bridgehead atoms. The lowest BCUT2D eigenvalue weighted by Gasteiger charge is -2.20. The number of hydrogen-bond acceptors (Lipinski definition) is 5. The van der Waals surface area contributed by atoms with Gasteiger partial charge in [0.25, 0.3) is 10.0 Å². The van der Waals surface area contributed by atoms with Crippen molar-refractivity contribution in [2.24, 2.45) is 4.40 Å². The van der Waals surface area contributed by atoms with Gasteiger partial charge in [-0.25, -0.2) is 4.39 Å². The molecule has 1 amide bonds. The summed E-state index contributed by atoms with van der Waals surface area (Å²) in [6.07, 6.45) is 0.410. The molecule has 0 unspecified atom stereocenters. The normalized spacial score (nSPS) is 16.0. The van der Waals surface area contributed by atoms with Crippen LogP contribution >= 0.6 is 11.8 Å². The first-order valence-corrected chi connectivity index (χ1v) is 10.2. The molecule has 1 heterocycles. The zero-order chi connectivity index (χ0) is 18.7. The highest BCUT2D eigenvalue weighted by molar-refractivity contribution is 8.16. The molecule has 0 aliphatic carbocycles. The number of carbonyl (C=O) groups excluding carboxylic acids is 1. The van der Waals surface area contributed by atoms with Gasteiger partial charge in [-0.2, -0.15) is 8.42 Å². The molecule has 0 saturated heterocycles. The monoisotopic (exact) mass is 393 g/mol. The molecule has 2 aromatic rings. The number of para-hydroxylation sites is 2. The van der Waals surface area contributed by atoms with Crippen LogP contribution in [0.5, 0.6) is 0 Å². The van der Waals surface area contributed by atoms with Crippen molar-refractivity contribution in [2.45, 2.75) is 23.5 Å². The number of nitrogens with one attached hydrogen (secondary N) is 2. The minimum Gasteiger partial charge on any atom is -0.333 e. The van der Waals surface area contributed by atoms with Crippen LogP contribution < -0.4 is 10.6 Å². The van der Waals surface area contributed by atoms with Crippen molar-refractivity contribution < 1.29 is 17.6 Å². The van der Waals surface area contributed by atoms with E-state index in [1.54, 1.807) is 31.2 Å². The molecule has 1 aliphatic rings. The molecule has 0 aromatic heterocycles. The number of benzene rings is 2. The first-order valence-electron chi connectivity index (χ1n) is 7.84. The maximum Gasteiger partial charge on any atom is 0.286 e. The fraction of sp³-hybridized carbons (Fsp3) is 0.176. The van der Waals surface area contributed by atoms with Gasteiger partial charge in [0.15, 0.2) is 5.17 Å². The molecule has 3 rings (SSSR count). The van der Waals surface area contributed by atoms with Crippen molar-refractivity contribution in [3.8, 4) is 0 Å². The van der Waals surface area contributed by atoms with Gasteiger partial charge in [-0.15, -0.1) is 4.40 Å². The van der Waals surface area contributed by atoms with Gasteiger partial charge in [-0.1, -0.05) is 43.0 Å². The van der Waals surface area contributed by atoms with Gasteiger partial charge in [0.05, 0.1) is 16.6 Å². The van der Waals surface area contributed by atoms with E-state index in [2.05, 4.69) is 15.0 Å². The third-order valence-corrected chi connectivity index (χ3v) is 6.36. The molecule has 26 heavy (non-hydrogen) atoms. The first kappa shape index (κ1) is 18.4. The number of fused-ring (bicyclic) bond motifs is 1. The summed E-state index contributed by atoms with van der Waals surface area (Å²) in [5, 5.41) is 4.92. The predicted molar refractivity (Wildman–Crippen MR) is 101 cm³/mol. The Hall–Kier alpha value is -2.39. The van der Waals surface area contributed by atoms with Crippen LogP contribution in [-0.2, 0) is 14.8 Å². The third-order valence-electron chi connectivity index (χ3n) is 3.66. The SMILES string of the molecule is CC[C@@H](SC1=NS(=O)(=O)c2ccccc2N1)C(=O)Nc1ccccc1F. The first-order chi connectivity index (χ1) is 12.4. The highest BCUT2D eigenvalue weighted by atomic mass is 32.2. The van der Waals surface area contributed by atoms with Crippen molar-refractivity contribution in [1.82, 2.24) is 0 Å². The molecule has 1 atom stereocenters. The molecule has 2 N–H and O–H groups in total. The molecule has 6 nitrogen and oxygen atoms in total. The standard InChI is InChI=1S/C17H16FN3O3S2/c1-2-14(16(22)19-12-8-4-3-7-11(12)18)25-17-20-13-9-5-6-10-15(13)26(23,24)21-17/h3-10,14H,2H2,1H3,(H,19,22)(H,20,21)/t14-/m1/s1. The van der Waals surface area contributed by atoms with Crippen LogP contribution in [0.25, 0.3) is 0 Å². The van der Waals surface area contributed by atoms with Crippen molar-refractivity contribution >= 4 is 44.2 Å². The average molecular weight is 393 g/mol. The van der Waals surface area contributed by atoms with E-state index in [4.69, 9.17) is 0 Å². The largest absolute Gasteiger partial charge is 0.333 e. The van der Waals surface area contributed by atoms with Gasteiger partial charge in [0.1, 0.15) is 10.7 Å². The summed E-state index contributed by atoms with van der Waals surface area (Å²) >= 11 is 0.990. The van der Waals surface area contributed by atoms with E-state index in [9.17, 15) is 17.6 Å². The van der Waals surface area contributed by atoms with Crippen molar-refractivity contribution in [3.05, 3.63) is 54.3 Å². The smallest absolute Gasteiger partial charge is 0.286 e. The minimum absolute atomic E-state index is 0.0769. The molecule has 0 radical (unpaired) electrons. The van der Waals surface area contributed by atoms with Gasteiger partial charge >= 0.3 is 0 Å². The zero-order valence-corrected chi connectivity index (χ0v) is 15.4. The fourth-order valence-electron chi connectivity index (χ4n) is 2.37. The maximum atomic E-state index is 13.7. The van der Waals surface area contributed by atoms with E-state index in [0.29, 0.717) is 12.1 Å². The second kappa shape index (κ2) is 7.46. The summed E-state index contributed by atoms with van der Waals surface area (Å²) in [6.45, 7) is 1.78. The van der Waals surface area contributed by atoms with Crippen molar-refractivity contribution in [3.63, 3.8) is 0 Å². The summed E-state index contributed by atoms with van der Waals surface area (Å²) in [7, 11) is -3.82. The highest BCUT2D eigenvalue weighted by Gasteiger charge is 2.28. The van der Waals surface area contributed by atoms with Gasteiger partial charge in [-0.3, -0.25) is 4.79 Å². The Morgan fingerprint density at radius 3 is 2.65 bits per heavy atom. The predicted octanol–water partition coefficient (Wildman–Crippen LogP) is 3.45. The Balaban J connectivity index is 1.78. The van der Waals surface area contributed by atoms with Crippen LogP contribution in [0.1, 0.15) is 13.3 Å². The molecule has 0 fully saturated rings. The van der Waals surface area contributed by atoms with Crippen LogP contribution in [0.4, 0.5) is 15.8 Å². The van der Waals surface area contributed by atoms with Crippen molar-refractivity contribution in [1.29, 1.82) is 0 Å². The van der Waals surface area contributed by atoms with Gasteiger partial charge in [0.2, 0.25) is 5.91 Å². The molecular formula is C17H16FN3O3S2. The Labute approximate surface area is 155 Å². The minimum atomic E-state index is -3.82. The lowest BCUT2D eigenvalue weighted by molar-refractivity contribution is -0.115. The fourth-order valence-corrected chi connectivity index (χ4v) is 4.62. The molecule has 9 heteroatoms. The third kappa shape index (κ3) is 3.88. The Morgan fingerprint density at radius 2 is 1.92 bits per heavy atom. The summed E-state index contributed by atoms with van der Waals surface area (Å²) in [5.74, 6) is -0.964. The number of amides is 1. The van der Waals surface area contributed by atoms with E-state index in [1.807, 2.05) is 0 Å². The van der Waals surface area contributed by atoms with Crippen LogP contribution in [-0.4, -0.2) is 24.7 Å². The van der Waals surface area contributed by atoms with Crippen LogP contribution in [0, 0.1) is 5.82 Å². The summed E-state index contributed by atoms with van der Waals surface area (Å²) in [5.41, 5.74) is 0.488. The van der Waals surface area contributed by atoms with Gasteiger partial charge in [-0.05, 0) is 30.7 Å². The number of sulfonamides is 1. The van der Waals surface area contributed by atoms with E-state index in [-0.39, 0.29) is 15.8 Å². The van der Waals surface area contributed by atoms with E-state index >= 15 is 0 Å². The lowest BCUT2D eigenvalue weighted by atomic mass is 10.2. The Morgan fingerprint density at radius 1 is 1.23 bits per heavy atom. The second-order valence-corrected chi connectivity index (χ2v) is 8.24. The number of nitrogens with zero attached hydrogens (tertiary/aromatic N) is 1. The van der Waals surface area contributed by atoms with E-state index in [1.165, 1.54) is 24.3 Å². The quantitative estimate of drug-likeness (QED) is 0.831. The Kier molecular flexibility index (Phi) is 5.28. The van der Waals surface area contributed by atoms with Crippen LogP contribution in [0.15, 0.2) is 57.8 Å². The van der Waals surface area contributed by atoms with Crippen molar-refractivity contribution in [2.75, 3.05) is 10.6 Å². The summed E-state index contributed by atoms with van der Waals surface area (Å²) in [6, 6.07) is 12.3. The number of anilines is 2. The number of carbonyl (C=O) groups is 1.